The summed E-state index contributed by atoms with van der Waals surface area (Å²) in [4.78, 5) is 28.9. The number of nitrogens with two attached hydrogens (primary N) is 1. The summed E-state index contributed by atoms with van der Waals surface area (Å²) in [5.41, 5.74) is 8.30. The van der Waals surface area contributed by atoms with Crippen molar-refractivity contribution in [2.24, 2.45) is 5.73 Å². The van der Waals surface area contributed by atoms with E-state index >= 15 is 0 Å². The fourth-order valence-electron chi connectivity index (χ4n) is 6.55. The summed E-state index contributed by atoms with van der Waals surface area (Å²) in [6.07, 6.45) is 5.89. The maximum Gasteiger partial charge on any atom is 0.323 e. The van der Waals surface area contributed by atoms with Crippen molar-refractivity contribution < 1.29 is 36.4 Å². The summed E-state index contributed by atoms with van der Waals surface area (Å²) in [7, 11) is -1.47. The van der Waals surface area contributed by atoms with E-state index < -0.39 is 26.9 Å². The number of methoxy groups -OCH3 is 2. The molecule has 1 unspecified atom stereocenters. The SMILES string of the molecule is COc1cc(NC(C)/C=C(\C=C/N)Oc2ccc(NC(=O)Nc3cc(C(C)(C)C)cc(NS(C)(=O)=O)c3OC)c3ccccc23)cc(C(=O)NCCN2CCS(=O)CC2)c1. The van der Waals surface area contributed by atoms with Gasteiger partial charge in [-0.25, -0.2) is 13.2 Å². The zero-order valence-electron chi connectivity index (χ0n) is 35.0. The maximum atomic E-state index is 13.6. The third-order valence-corrected chi connectivity index (χ3v) is 11.4. The molecule has 15 nitrogen and oxygen atoms in total. The number of carbonyl (C=O) groups excluding carboxylic acids is 2. The highest BCUT2D eigenvalue weighted by Gasteiger charge is 2.23. The van der Waals surface area contributed by atoms with Gasteiger partial charge in [0.1, 0.15) is 17.3 Å². The number of hydrogen-bond donors (Lipinski definition) is 6. The van der Waals surface area contributed by atoms with Gasteiger partial charge in [0.15, 0.2) is 5.75 Å². The van der Waals surface area contributed by atoms with Crippen LogP contribution in [-0.2, 0) is 26.2 Å². The lowest BCUT2D eigenvalue weighted by atomic mass is 9.86. The molecule has 1 aliphatic heterocycles. The highest BCUT2D eigenvalue weighted by molar-refractivity contribution is 7.92. The van der Waals surface area contributed by atoms with Crippen molar-refractivity contribution in [2.45, 2.75) is 39.2 Å². The zero-order chi connectivity index (χ0) is 43.6. The molecular formula is C43H55N7O8S2. The van der Waals surface area contributed by atoms with E-state index in [1.807, 2.05) is 58.0 Å². The number of carbonyl (C=O) groups is 2. The topological polar surface area (TPSA) is 202 Å². The van der Waals surface area contributed by atoms with Gasteiger partial charge < -0.3 is 41.2 Å². The number of hydrogen-bond acceptors (Lipinski definition) is 11. The number of ether oxygens (including phenoxy) is 3. The van der Waals surface area contributed by atoms with Crippen LogP contribution < -0.4 is 45.9 Å². The van der Waals surface area contributed by atoms with Crippen LogP contribution >= 0.6 is 0 Å². The first-order valence-electron chi connectivity index (χ1n) is 19.4. The number of sulfonamides is 1. The van der Waals surface area contributed by atoms with Gasteiger partial charge in [-0.3, -0.25) is 18.6 Å². The van der Waals surface area contributed by atoms with Gasteiger partial charge in [-0.15, -0.1) is 0 Å². The second kappa shape index (κ2) is 20.0. The Morgan fingerprint density at radius 1 is 0.933 bits per heavy atom. The summed E-state index contributed by atoms with van der Waals surface area (Å²) in [5, 5.41) is 13.5. The largest absolute Gasteiger partial charge is 0.497 e. The fraction of sp³-hybridized carbons (Fsp3) is 0.349. The normalized spacial score (nSPS) is 14.7. The number of amides is 3. The standard InChI is InChI=1S/C43H55N7O8S2/c1-28(46-31-23-29(24-33(27-31)56-5)41(51)45-16-17-50-18-20-59(53)21-19-50)22-32(14-15-44)58-39-13-12-36(34-10-8-9-11-35(34)39)47-42(52)48-37-25-30(43(2,3)4)26-38(40(37)57-6)49-60(7,54)55/h8-15,22-28,46,49H,16-21,44H2,1-7H3,(H,45,51)(H2,47,48,52)/b15-14-,32-22+. The first-order valence-corrected chi connectivity index (χ1v) is 22.7. The molecule has 60 heavy (non-hydrogen) atoms. The Bertz CT molecular complexity index is 2390. The van der Waals surface area contributed by atoms with Crippen molar-refractivity contribution in [2.75, 3.05) is 78.8 Å². The van der Waals surface area contributed by atoms with Gasteiger partial charge in [0, 0.05) is 82.6 Å². The molecule has 4 aromatic rings. The number of benzene rings is 4. The Kier molecular flexibility index (Phi) is 15.1. The second-order valence-corrected chi connectivity index (χ2v) is 18.8. The van der Waals surface area contributed by atoms with Crippen LogP contribution in [0.15, 0.2) is 90.8 Å². The zero-order valence-corrected chi connectivity index (χ0v) is 36.6. The van der Waals surface area contributed by atoms with Gasteiger partial charge in [0.25, 0.3) is 5.91 Å². The Labute approximate surface area is 354 Å². The molecule has 1 heterocycles. The van der Waals surface area contributed by atoms with E-state index in [4.69, 9.17) is 19.9 Å². The summed E-state index contributed by atoms with van der Waals surface area (Å²) >= 11 is 0. The van der Waals surface area contributed by atoms with Crippen molar-refractivity contribution in [1.82, 2.24) is 10.2 Å². The van der Waals surface area contributed by atoms with Crippen molar-refractivity contribution in [3.8, 4) is 17.2 Å². The molecule has 322 valence electrons. The predicted octanol–water partition coefficient (Wildman–Crippen LogP) is 6.20. The number of nitrogens with one attached hydrogen (secondary N) is 5. The highest BCUT2D eigenvalue weighted by atomic mass is 32.2. The van der Waals surface area contributed by atoms with Crippen LogP contribution in [0.5, 0.6) is 17.2 Å². The molecule has 4 aromatic carbocycles. The van der Waals surface area contributed by atoms with Crippen LogP contribution in [0.25, 0.3) is 10.8 Å². The van der Waals surface area contributed by atoms with Crippen molar-refractivity contribution >= 4 is 66.3 Å². The molecule has 0 spiro atoms. The van der Waals surface area contributed by atoms with Crippen molar-refractivity contribution in [3.05, 3.63) is 102 Å². The van der Waals surface area contributed by atoms with E-state index in [1.54, 1.807) is 55.7 Å². The monoisotopic (exact) mass is 861 g/mol. The number of rotatable bonds is 16. The van der Waals surface area contributed by atoms with Crippen LogP contribution in [0, 0.1) is 0 Å². The molecule has 0 aromatic heterocycles. The van der Waals surface area contributed by atoms with E-state index in [1.165, 1.54) is 13.3 Å². The Morgan fingerprint density at radius 2 is 1.62 bits per heavy atom. The minimum absolute atomic E-state index is 0.158. The van der Waals surface area contributed by atoms with Crippen molar-refractivity contribution in [1.29, 1.82) is 0 Å². The fourth-order valence-corrected chi connectivity index (χ4v) is 8.23. The molecule has 17 heteroatoms. The van der Waals surface area contributed by atoms with Crippen molar-refractivity contribution in [3.63, 3.8) is 0 Å². The molecule has 1 atom stereocenters. The van der Waals surface area contributed by atoms with Gasteiger partial charge in [-0.2, -0.15) is 0 Å². The Hall–Kier alpha value is -5.78. The summed E-state index contributed by atoms with van der Waals surface area (Å²) < 4.78 is 56.0. The minimum atomic E-state index is -3.66. The van der Waals surface area contributed by atoms with E-state index in [0.717, 1.165) is 24.9 Å². The third kappa shape index (κ3) is 12.6. The Morgan fingerprint density at radius 3 is 2.27 bits per heavy atom. The second-order valence-electron chi connectivity index (χ2n) is 15.3. The van der Waals surface area contributed by atoms with Gasteiger partial charge >= 0.3 is 6.03 Å². The molecule has 1 saturated heterocycles. The number of fused-ring (bicyclic) bond motifs is 1. The molecule has 0 bridgehead atoms. The van der Waals surface area contributed by atoms with E-state index in [-0.39, 0.29) is 34.5 Å². The molecule has 0 saturated carbocycles. The highest BCUT2D eigenvalue weighted by Crippen LogP contribution is 2.40. The molecular weight excluding hydrogens is 807 g/mol. The molecule has 5 rings (SSSR count). The lowest BCUT2D eigenvalue weighted by Gasteiger charge is -2.26. The molecule has 0 radical (unpaired) electrons. The molecule has 7 N–H and O–H groups in total. The van der Waals surface area contributed by atoms with Crippen LogP contribution in [0.2, 0.25) is 0 Å². The third-order valence-electron chi connectivity index (χ3n) is 9.52. The number of anilines is 4. The van der Waals surface area contributed by atoms with Crippen LogP contribution in [0.1, 0.15) is 43.6 Å². The number of nitrogens with zero attached hydrogens (tertiary/aromatic N) is 1. The molecule has 3 amide bonds. The smallest absolute Gasteiger partial charge is 0.323 e. The van der Waals surface area contributed by atoms with Gasteiger partial charge in [-0.05, 0) is 72.7 Å². The van der Waals surface area contributed by atoms with Crippen LogP contribution in [0.3, 0.4) is 0 Å². The van der Waals surface area contributed by atoms with E-state index in [2.05, 4.69) is 30.9 Å². The Balaban J connectivity index is 1.31. The molecule has 0 aliphatic carbocycles. The summed E-state index contributed by atoms with van der Waals surface area (Å²) in [5.74, 6) is 2.69. The lowest BCUT2D eigenvalue weighted by molar-refractivity contribution is 0.0948. The first kappa shape index (κ1) is 45.3. The maximum absolute atomic E-state index is 13.6. The predicted molar refractivity (Wildman–Crippen MR) is 242 cm³/mol. The quantitative estimate of drug-likeness (QED) is 0.0553. The molecule has 1 aliphatic rings. The minimum Gasteiger partial charge on any atom is -0.497 e. The van der Waals surface area contributed by atoms with Gasteiger partial charge in [-0.1, -0.05) is 45.0 Å². The van der Waals surface area contributed by atoms with Gasteiger partial charge in [0.05, 0.1) is 37.5 Å². The van der Waals surface area contributed by atoms with Crippen LogP contribution in [-0.4, -0.2) is 93.7 Å². The number of allylic oxidation sites excluding steroid dienone is 1. The first-order chi connectivity index (χ1) is 28.5. The average Bonchev–Trinajstić information content (AvgIpc) is 3.18. The molecule has 1 fully saturated rings. The summed E-state index contributed by atoms with van der Waals surface area (Å²) in [6.45, 7) is 10.5. The lowest BCUT2D eigenvalue weighted by Crippen LogP contribution is -2.42. The van der Waals surface area contributed by atoms with Gasteiger partial charge in [0.2, 0.25) is 10.0 Å². The van der Waals surface area contributed by atoms with Crippen LogP contribution in [0.4, 0.5) is 27.5 Å². The summed E-state index contributed by atoms with van der Waals surface area (Å²) in [6, 6.07) is 18.7. The van der Waals surface area contributed by atoms with E-state index in [9.17, 15) is 22.2 Å². The number of urea groups is 1. The average molecular weight is 862 g/mol. The van der Waals surface area contributed by atoms with E-state index in [0.29, 0.717) is 69.6 Å².